The van der Waals surface area contributed by atoms with Crippen molar-refractivity contribution in [3.05, 3.63) is 0 Å². The molecule has 3 atom stereocenters. The molecule has 0 nitrogen and oxygen atoms in total. The molecule has 0 spiro atoms. The minimum atomic E-state index is 0.173. The van der Waals surface area contributed by atoms with Crippen LogP contribution in [-0.4, -0.2) is 5.16 Å². The second-order valence-corrected chi connectivity index (χ2v) is 15.8. The van der Waals surface area contributed by atoms with Crippen molar-refractivity contribution in [2.24, 2.45) is 0 Å². The average Bonchev–Trinajstić information content (AvgIpc) is 1.21. The fourth-order valence-electron chi connectivity index (χ4n) is 0.387. The van der Waals surface area contributed by atoms with Crippen molar-refractivity contribution in [2.75, 3.05) is 0 Å². The summed E-state index contributed by atoms with van der Waals surface area (Å²) in [7, 11) is 6.81. The van der Waals surface area contributed by atoms with Gasteiger partial charge in [0.15, 0.2) is 0 Å². The van der Waals surface area contributed by atoms with Crippen LogP contribution in [0.3, 0.4) is 0 Å². The summed E-state index contributed by atoms with van der Waals surface area (Å²) < 4.78 is 0. The molecule has 0 radical (unpaired) electrons. The van der Waals surface area contributed by atoms with Gasteiger partial charge in [-0.05, 0) is 12.1 Å². The van der Waals surface area contributed by atoms with Gasteiger partial charge in [-0.1, -0.05) is 29.0 Å². The molecule has 0 aromatic rings. The van der Waals surface area contributed by atoms with Crippen LogP contribution in [-0.2, 0) is 0 Å². The quantitative estimate of drug-likeness (QED) is 0.550. The van der Waals surface area contributed by atoms with Gasteiger partial charge in [-0.3, -0.25) is 0 Å². The lowest BCUT2D eigenvalue weighted by Gasteiger charge is -2.20. The smallest absolute Gasteiger partial charge is 0.0162 e. The minimum Gasteiger partial charge on any atom is -0.103 e. The van der Waals surface area contributed by atoms with Crippen LogP contribution in [0.5, 0.6) is 0 Å². The number of rotatable bonds is 1. The summed E-state index contributed by atoms with van der Waals surface area (Å²) >= 11 is 0. The van der Waals surface area contributed by atoms with Gasteiger partial charge < -0.3 is 0 Å². The Balaban J connectivity index is 3.39. The highest BCUT2D eigenvalue weighted by atomic mass is 32.7. The fourth-order valence-corrected chi connectivity index (χ4v) is 10.5. The van der Waals surface area contributed by atoms with Gasteiger partial charge in [-0.25, -0.2) is 0 Å². The molecule has 0 aliphatic heterocycles. The van der Waals surface area contributed by atoms with E-state index in [4.69, 9.17) is 0 Å². The Morgan fingerprint density at radius 1 is 1.25 bits per heavy atom. The maximum Gasteiger partial charge on any atom is -0.0162 e. The second kappa shape index (κ2) is 3.78. The molecule has 8 heavy (non-hydrogen) atoms. The van der Waals surface area contributed by atoms with E-state index in [0.717, 1.165) is 8.27 Å². The van der Waals surface area contributed by atoms with Gasteiger partial charge in [-0.15, -0.1) is 17.9 Å². The van der Waals surface area contributed by atoms with Crippen molar-refractivity contribution in [1.29, 1.82) is 0 Å². The summed E-state index contributed by atoms with van der Waals surface area (Å²) in [4.78, 5) is 0. The molecular weight excluding hydrogens is 172 g/mol. The SMILES string of the molecule is CC(C)(C)PP(P)P. The maximum absolute atomic E-state index is 2.86. The number of hydrogen-bond donors (Lipinski definition) is 0. The normalized spacial score (nSPS) is 14.2. The first-order valence-corrected chi connectivity index (χ1v) is 8.91. The molecule has 0 aliphatic rings. The van der Waals surface area contributed by atoms with Gasteiger partial charge >= 0.3 is 0 Å². The van der Waals surface area contributed by atoms with E-state index in [1.165, 1.54) is 0 Å². The fraction of sp³-hybridized carbons (Fsp3) is 1.00. The zero-order chi connectivity index (χ0) is 6.78. The van der Waals surface area contributed by atoms with E-state index in [9.17, 15) is 0 Å². The van der Waals surface area contributed by atoms with E-state index in [1.807, 2.05) is 0 Å². The molecule has 4 heteroatoms. The van der Waals surface area contributed by atoms with Gasteiger partial charge in [0.25, 0.3) is 0 Å². The molecule has 0 amide bonds. The number of hydrogen-bond acceptors (Lipinski definition) is 0. The van der Waals surface area contributed by atoms with E-state index >= 15 is 0 Å². The van der Waals surface area contributed by atoms with E-state index in [-0.39, 0.29) is 6.99 Å². The summed E-state index contributed by atoms with van der Waals surface area (Å²) in [6, 6.07) is 0. The second-order valence-electron chi connectivity index (χ2n) is 2.77. The molecule has 50 valence electrons. The molecule has 3 unspecified atom stereocenters. The Morgan fingerprint density at radius 2 is 1.62 bits per heavy atom. The largest absolute Gasteiger partial charge is 0.103 e. The van der Waals surface area contributed by atoms with Gasteiger partial charge in [0, 0.05) is 0 Å². The molecule has 0 heterocycles. The van der Waals surface area contributed by atoms with E-state index in [1.54, 1.807) is 0 Å². The summed E-state index contributed by atoms with van der Waals surface area (Å²) in [6.07, 6.45) is 0. The van der Waals surface area contributed by atoms with Crippen molar-refractivity contribution in [1.82, 2.24) is 0 Å². The maximum atomic E-state index is 2.86. The monoisotopic (exact) mass is 186 g/mol. The lowest BCUT2D eigenvalue weighted by Crippen LogP contribution is -2.01. The summed E-state index contributed by atoms with van der Waals surface area (Å²) in [5, 5.41) is 0.537. The van der Waals surface area contributed by atoms with Crippen LogP contribution < -0.4 is 0 Å². The first-order chi connectivity index (χ1) is 3.42. The Bertz CT molecular complexity index is 62.9. The van der Waals surface area contributed by atoms with E-state index < -0.39 is 0 Å². The lowest BCUT2D eigenvalue weighted by molar-refractivity contribution is 0.802. The van der Waals surface area contributed by atoms with Crippen LogP contribution in [0.1, 0.15) is 20.8 Å². The van der Waals surface area contributed by atoms with E-state index in [2.05, 4.69) is 38.6 Å². The van der Waals surface area contributed by atoms with E-state index in [0.29, 0.717) is 5.16 Å². The van der Waals surface area contributed by atoms with Crippen LogP contribution in [0.2, 0.25) is 0 Å². The molecule has 0 fully saturated rings. The van der Waals surface area contributed by atoms with Crippen molar-refractivity contribution < 1.29 is 0 Å². The van der Waals surface area contributed by atoms with Crippen LogP contribution in [0, 0.1) is 0 Å². The summed E-state index contributed by atoms with van der Waals surface area (Å²) in [5.41, 5.74) is 0. The molecular formula is C4H14P4. The molecule has 0 N–H and O–H groups in total. The van der Waals surface area contributed by atoms with Crippen molar-refractivity contribution >= 4 is 33.1 Å². The predicted octanol–water partition coefficient (Wildman–Crippen LogP) is 3.44. The molecule has 0 aliphatic carbocycles. The average molecular weight is 186 g/mol. The highest BCUT2D eigenvalue weighted by Gasteiger charge is 2.10. The summed E-state index contributed by atoms with van der Waals surface area (Å²) in [5.74, 6) is 0. The minimum absolute atomic E-state index is 0.173. The highest BCUT2D eigenvalue weighted by Crippen LogP contribution is 2.72. The third-order valence-corrected chi connectivity index (χ3v) is 6.50. The molecule has 0 saturated heterocycles. The molecule has 0 bridgehead atoms. The van der Waals surface area contributed by atoms with Crippen LogP contribution >= 0.6 is 33.1 Å². The van der Waals surface area contributed by atoms with Crippen LogP contribution in [0.4, 0.5) is 0 Å². The Hall–Kier alpha value is 1.72. The molecule has 0 aromatic heterocycles. The predicted molar refractivity (Wildman–Crippen MR) is 54.4 cm³/mol. The van der Waals surface area contributed by atoms with Crippen LogP contribution in [0.15, 0.2) is 0 Å². The van der Waals surface area contributed by atoms with Gasteiger partial charge in [0.2, 0.25) is 0 Å². The zero-order valence-corrected chi connectivity index (χ0v) is 9.81. The standard InChI is InChI=1S/C4H14P4/c1-4(2,3)7-8(5)6/h7H,5-6H2,1-3H3. The third-order valence-electron chi connectivity index (χ3n) is 0.465. The third kappa shape index (κ3) is 7.72. The Morgan fingerprint density at radius 3 is 1.62 bits per heavy atom. The van der Waals surface area contributed by atoms with Crippen molar-refractivity contribution in [2.45, 2.75) is 25.9 Å². The Labute approximate surface area is 59.6 Å². The van der Waals surface area contributed by atoms with Gasteiger partial charge in [0.1, 0.15) is 0 Å². The van der Waals surface area contributed by atoms with Gasteiger partial charge in [-0.2, -0.15) is 0 Å². The topological polar surface area (TPSA) is 0 Å². The van der Waals surface area contributed by atoms with Crippen LogP contribution in [0.25, 0.3) is 0 Å². The van der Waals surface area contributed by atoms with Gasteiger partial charge in [0.05, 0.1) is 0 Å². The molecule has 0 aromatic carbocycles. The lowest BCUT2D eigenvalue weighted by atomic mass is 10.3. The first kappa shape index (κ1) is 9.72. The summed E-state index contributed by atoms with van der Waals surface area (Å²) in [6.45, 7) is 7.03. The highest BCUT2D eigenvalue weighted by molar-refractivity contribution is 8.69. The van der Waals surface area contributed by atoms with Crippen molar-refractivity contribution in [3.63, 3.8) is 0 Å². The molecule has 0 saturated carbocycles. The Kier molecular flexibility index (Phi) is 4.60. The first-order valence-electron chi connectivity index (χ1n) is 2.49. The molecule has 0 rings (SSSR count). The van der Waals surface area contributed by atoms with Crippen molar-refractivity contribution in [3.8, 4) is 0 Å². The zero-order valence-electron chi connectivity index (χ0n) is 5.60.